The van der Waals surface area contributed by atoms with E-state index in [0.29, 0.717) is 25.9 Å². The molecule has 184 valence electrons. The number of carbonyl (C=O) groups is 2. The molecule has 2 aliphatic rings. The lowest BCUT2D eigenvalue weighted by molar-refractivity contribution is -0.134. The van der Waals surface area contributed by atoms with Crippen molar-refractivity contribution in [1.29, 1.82) is 5.41 Å². The number of rotatable bonds is 3. The van der Waals surface area contributed by atoms with Crippen LogP contribution in [0.25, 0.3) is 0 Å². The highest BCUT2D eigenvalue weighted by Gasteiger charge is 2.28. The SMILES string of the molecule is CC1CC=CC(N)CC=CC(=N)Cc2c(OCC(=O)N3CCCCC3)c(O)cc(O)c2C(=O)O1. The highest BCUT2D eigenvalue weighted by molar-refractivity contribution is 6.00. The second-order valence-electron chi connectivity index (χ2n) is 8.71. The summed E-state index contributed by atoms with van der Waals surface area (Å²) < 4.78 is 11.2. The van der Waals surface area contributed by atoms with E-state index in [9.17, 15) is 19.8 Å². The summed E-state index contributed by atoms with van der Waals surface area (Å²) >= 11 is 0. The largest absolute Gasteiger partial charge is 0.507 e. The van der Waals surface area contributed by atoms with Crippen molar-refractivity contribution in [3.8, 4) is 17.2 Å². The zero-order valence-corrected chi connectivity index (χ0v) is 19.5. The number of nitrogens with two attached hydrogens (primary N) is 1. The van der Waals surface area contributed by atoms with Gasteiger partial charge in [-0.05, 0) is 38.7 Å². The maximum Gasteiger partial charge on any atom is 0.342 e. The Kier molecular flexibility index (Phi) is 8.70. The van der Waals surface area contributed by atoms with Crippen LogP contribution in [-0.2, 0) is 16.0 Å². The molecule has 1 aromatic carbocycles. The molecule has 0 bridgehead atoms. The van der Waals surface area contributed by atoms with E-state index in [1.54, 1.807) is 24.0 Å². The minimum absolute atomic E-state index is 0.0905. The number of esters is 1. The summed E-state index contributed by atoms with van der Waals surface area (Å²) in [6.07, 6.45) is 10.2. The summed E-state index contributed by atoms with van der Waals surface area (Å²) in [5, 5.41) is 29.4. The van der Waals surface area contributed by atoms with Crippen LogP contribution < -0.4 is 10.5 Å². The first-order valence-corrected chi connectivity index (χ1v) is 11.6. The van der Waals surface area contributed by atoms with Crippen LogP contribution in [0, 0.1) is 5.41 Å². The van der Waals surface area contributed by atoms with Crippen LogP contribution in [0.5, 0.6) is 17.2 Å². The fourth-order valence-corrected chi connectivity index (χ4v) is 4.05. The molecule has 0 aliphatic carbocycles. The van der Waals surface area contributed by atoms with Gasteiger partial charge < -0.3 is 35.7 Å². The molecule has 2 atom stereocenters. The third kappa shape index (κ3) is 6.60. The number of hydrogen-bond acceptors (Lipinski definition) is 8. The van der Waals surface area contributed by atoms with Crippen LogP contribution in [0.3, 0.4) is 0 Å². The number of aromatic hydroxyl groups is 2. The van der Waals surface area contributed by atoms with Gasteiger partial charge in [0.05, 0.1) is 0 Å². The number of ether oxygens (including phenoxy) is 2. The number of piperidine rings is 1. The molecule has 0 aromatic heterocycles. The molecule has 9 heteroatoms. The van der Waals surface area contributed by atoms with Gasteiger partial charge in [0.25, 0.3) is 5.91 Å². The maximum absolute atomic E-state index is 13.0. The molecular weight excluding hydrogens is 438 g/mol. The minimum atomic E-state index is -0.807. The van der Waals surface area contributed by atoms with Gasteiger partial charge in [0.2, 0.25) is 0 Å². The highest BCUT2D eigenvalue weighted by atomic mass is 16.5. The molecular formula is C25H33N3O6. The van der Waals surface area contributed by atoms with E-state index in [4.69, 9.17) is 20.6 Å². The van der Waals surface area contributed by atoms with Gasteiger partial charge in [-0.3, -0.25) is 4.79 Å². The summed E-state index contributed by atoms with van der Waals surface area (Å²) in [5.41, 5.74) is 6.04. The molecule has 1 amide bonds. The predicted molar refractivity (Wildman–Crippen MR) is 127 cm³/mol. The number of phenolic OH excluding ortho intramolecular Hbond substituents is 2. The third-order valence-corrected chi connectivity index (χ3v) is 5.84. The molecule has 2 unspecified atom stereocenters. The molecule has 0 radical (unpaired) electrons. The van der Waals surface area contributed by atoms with Gasteiger partial charge in [-0.25, -0.2) is 4.79 Å². The minimum Gasteiger partial charge on any atom is -0.507 e. The molecule has 2 heterocycles. The fourth-order valence-electron chi connectivity index (χ4n) is 4.05. The Morgan fingerprint density at radius 3 is 2.68 bits per heavy atom. The van der Waals surface area contributed by atoms with Crippen molar-refractivity contribution in [3.63, 3.8) is 0 Å². The zero-order chi connectivity index (χ0) is 24.7. The van der Waals surface area contributed by atoms with Crippen molar-refractivity contribution in [3.05, 3.63) is 41.5 Å². The lowest BCUT2D eigenvalue weighted by Gasteiger charge is -2.27. The number of likely N-dealkylation sites (tertiary alicyclic amines) is 1. The van der Waals surface area contributed by atoms with Gasteiger partial charge >= 0.3 is 5.97 Å². The van der Waals surface area contributed by atoms with E-state index < -0.39 is 23.6 Å². The van der Waals surface area contributed by atoms with Crippen LogP contribution in [0.4, 0.5) is 0 Å². The molecule has 34 heavy (non-hydrogen) atoms. The standard InChI is InChI=1S/C25H33N3O6/c1-16-7-5-8-17(26)9-6-10-18(27)13-19-23(25(32)34-16)20(29)14-21(30)24(19)33-15-22(31)28-11-3-2-4-12-28/h5-6,8,10,14,16-17,27,29-30H,2-4,7,9,11-13,15,26H2,1H3. The van der Waals surface area contributed by atoms with E-state index in [1.807, 2.05) is 12.2 Å². The van der Waals surface area contributed by atoms with Crippen molar-refractivity contribution >= 4 is 17.6 Å². The van der Waals surface area contributed by atoms with E-state index in [1.165, 1.54) is 0 Å². The molecule has 1 saturated heterocycles. The Bertz CT molecular complexity index is 981. The van der Waals surface area contributed by atoms with Gasteiger partial charge in [0.1, 0.15) is 17.4 Å². The number of nitrogens with one attached hydrogen (secondary N) is 1. The third-order valence-electron chi connectivity index (χ3n) is 5.84. The first-order chi connectivity index (χ1) is 16.3. The lowest BCUT2D eigenvalue weighted by Crippen LogP contribution is -2.38. The van der Waals surface area contributed by atoms with Gasteiger partial charge in [0.15, 0.2) is 18.1 Å². The molecule has 1 aromatic rings. The number of nitrogens with zero attached hydrogens (tertiary/aromatic N) is 1. The Morgan fingerprint density at radius 2 is 1.94 bits per heavy atom. The molecule has 9 nitrogen and oxygen atoms in total. The van der Waals surface area contributed by atoms with Crippen molar-refractivity contribution in [2.75, 3.05) is 19.7 Å². The summed E-state index contributed by atoms with van der Waals surface area (Å²) in [4.78, 5) is 27.3. The summed E-state index contributed by atoms with van der Waals surface area (Å²) in [7, 11) is 0. The summed E-state index contributed by atoms with van der Waals surface area (Å²) in [6.45, 7) is 2.68. The summed E-state index contributed by atoms with van der Waals surface area (Å²) in [6, 6.07) is 0.752. The number of fused-ring (bicyclic) bond motifs is 1. The van der Waals surface area contributed by atoms with Gasteiger partial charge in [-0.15, -0.1) is 0 Å². The van der Waals surface area contributed by atoms with Gasteiger partial charge in [-0.2, -0.15) is 0 Å². The lowest BCUT2D eigenvalue weighted by atomic mass is 9.98. The molecule has 3 rings (SSSR count). The Hall–Kier alpha value is -3.33. The number of carbonyl (C=O) groups excluding carboxylic acids is 2. The number of benzene rings is 1. The molecule has 5 N–H and O–H groups in total. The number of amides is 1. The van der Waals surface area contributed by atoms with Gasteiger partial charge in [0, 0.05) is 49.3 Å². The van der Waals surface area contributed by atoms with E-state index in [0.717, 1.165) is 25.3 Å². The Balaban J connectivity index is 1.95. The van der Waals surface area contributed by atoms with E-state index in [2.05, 4.69) is 0 Å². The normalized spacial score (nSPS) is 22.0. The number of phenols is 2. The van der Waals surface area contributed by atoms with Crippen LogP contribution in [0.2, 0.25) is 0 Å². The molecule has 1 fully saturated rings. The number of hydrogen-bond donors (Lipinski definition) is 4. The zero-order valence-electron chi connectivity index (χ0n) is 19.5. The van der Waals surface area contributed by atoms with Crippen LogP contribution in [0.1, 0.15) is 54.9 Å². The predicted octanol–water partition coefficient (Wildman–Crippen LogP) is 2.83. The summed E-state index contributed by atoms with van der Waals surface area (Å²) in [5.74, 6) is -2.07. The monoisotopic (exact) mass is 471 g/mol. The average molecular weight is 472 g/mol. The Morgan fingerprint density at radius 1 is 1.21 bits per heavy atom. The van der Waals surface area contributed by atoms with Crippen LogP contribution in [0.15, 0.2) is 30.4 Å². The number of cyclic esters (lactones) is 1. The topological polar surface area (TPSA) is 146 Å². The number of allylic oxidation sites excluding steroid dienone is 1. The fraction of sp³-hybridized carbons (Fsp3) is 0.480. The second-order valence-corrected chi connectivity index (χ2v) is 8.71. The first kappa shape index (κ1) is 25.3. The smallest absolute Gasteiger partial charge is 0.342 e. The van der Waals surface area contributed by atoms with Crippen LogP contribution >= 0.6 is 0 Å². The van der Waals surface area contributed by atoms with Crippen molar-refractivity contribution in [2.45, 2.75) is 57.6 Å². The van der Waals surface area contributed by atoms with Crippen molar-refractivity contribution in [2.24, 2.45) is 5.73 Å². The van der Waals surface area contributed by atoms with Crippen LogP contribution in [-0.4, -0.2) is 64.5 Å². The molecule has 2 aliphatic heterocycles. The average Bonchev–Trinajstić information content (AvgIpc) is 2.78. The Labute approximate surface area is 199 Å². The first-order valence-electron chi connectivity index (χ1n) is 11.6. The van der Waals surface area contributed by atoms with E-state index >= 15 is 0 Å². The van der Waals surface area contributed by atoms with Gasteiger partial charge in [-0.1, -0.05) is 18.2 Å². The second kappa shape index (κ2) is 11.7. The quantitative estimate of drug-likeness (QED) is 0.392. The van der Waals surface area contributed by atoms with Crippen molar-refractivity contribution < 1.29 is 29.3 Å². The van der Waals surface area contributed by atoms with Crippen molar-refractivity contribution in [1.82, 2.24) is 4.90 Å². The molecule has 0 saturated carbocycles. The molecule has 0 spiro atoms. The highest BCUT2D eigenvalue weighted by Crippen LogP contribution is 2.40. The maximum atomic E-state index is 13.0. The van der Waals surface area contributed by atoms with E-state index in [-0.39, 0.29) is 47.6 Å².